The summed E-state index contributed by atoms with van der Waals surface area (Å²) in [5, 5.41) is 11.9. The van der Waals surface area contributed by atoms with Crippen LogP contribution in [0.3, 0.4) is 0 Å². The number of nitrogens with one attached hydrogen (secondary N) is 1. The standard InChI is InChI=1S/C15H22N2O3/c1-3-5-11-17(4-2)15(20)16-13(14(18)19)12-9-7-6-8-10-12/h6-10,13H,3-5,11H2,1-2H3,(H,16,20)(H,18,19). The van der Waals surface area contributed by atoms with Gasteiger partial charge in [0.25, 0.3) is 0 Å². The van der Waals surface area contributed by atoms with E-state index in [-0.39, 0.29) is 6.03 Å². The molecule has 1 atom stereocenters. The maximum absolute atomic E-state index is 12.1. The van der Waals surface area contributed by atoms with E-state index in [0.29, 0.717) is 18.7 Å². The Bertz CT molecular complexity index is 434. The molecule has 1 unspecified atom stereocenters. The summed E-state index contributed by atoms with van der Waals surface area (Å²) in [6, 6.07) is 7.36. The summed E-state index contributed by atoms with van der Waals surface area (Å²) in [6.45, 7) is 5.14. The number of amides is 2. The van der Waals surface area contributed by atoms with E-state index in [2.05, 4.69) is 12.2 Å². The number of rotatable bonds is 7. The predicted molar refractivity (Wildman–Crippen MR) is 77.5 cm³/mol. The van der Waals surface area contributed by atoms with Gasteiger partial charge in [-0.3, -0.25) is 0 Å². The van der Waals surface area contributed by atoms with Crippen LogP contribution in [0.4, 0.5) is 4.79 Å². The Kier molecular flexibility index (Phi) is 6.56. The molecule has 0 radical (unpaired) electrons. The third kappa shape index (κ3) is 4.57. The topological polar surface area (TPSA) is 69.6 Å². The van der Waals surface area contributed by atoms with Crippen LogP contribution >= 0.6 is 0 Å². The van der Waals surface area contributed by atoms with Gasteiger partial charge in [-0.25, -0.2) is 9.59 Å². The van der Waals surface area contributed by atoms with Crippen LogP contribution in [0, 0.1) is 0 Å². The van der Waals surface area contributed by atoms with Gasteiger partial charge in [0.2, 0.25) is 0 Å². The van der Waals surface area contributed by atoms with E-state index in [1.54, 1.807) is 29.2 Å². The van der Waals surface area contributed by atoms with E-state index in [4.69, 9.17) is 0 Å². The molecule has 5 nitrogen and oxygen atoms in total. The minimum absolute atomic E-state index is 0.336. The molecule has 0 aliphatic heterocycles. The van der Waals surface area contributed by atoms with E-state index < -0.39 is 12.0 Å². The molecule has 0 heterocycles. The molecule has 1 aromatic rings. The number of hydrogen-bond donors (Lipinski definition) is 2. The molecule has 1 aromatic carbocycles. The highest BCUT2D eigenvalue weighted by Crippen LogP contribution is 2.13. The molecule has 1 rings (SSSR count). The van der Waals surface area contributed by atoms with Crippen LogP contribution in [0.5, 0.6) is 0 Å². The summed E-state index contributed by atoms with van der Waals surface area (Å²) in [4.78, 5) is 25.1. The fourth-order valence-corrected chi connectivity index (χ4v) is 1.90. The van der Waals surface area contributed by atoms with Crippen molar-refractivity contribution in [3.05, 3.63) is 35.9 Å². The number of unbranched alkanes of at least 4 members (excludes halogenated alkanes) is 1. The van der Waals surface area contributed by atoms with Gasteiger partial charge in [0.05, 0.1) is 0 Å². The zero-order valence-corrected chi connectivity index (χ0v) is 12.0. The van der Waals surface area contributed by atoms with E-state index in [0.717, 1.165) is 12.8 Å². The zero-order valence-electron chi connectivity index (χ0n) is 12.0. The van der Waals surface area contributed by atoms with Crippen molar-refractivity contribution in [3.63, 3.8) is 0 Å². The highest BCUT2D eigenvalue weighted by molar-refractivity contribution is 5.83. The van der Waals surface area contributed by atoms with E-state index in [1.807, 2.05) is 13.0 Å². The molecule has 110 valence electrons. The van der Waals surface area contributed by atoms with Crippen molar-refractivity contribution < 1.29 is 14.7 Å². The van der Waals surface area contributed by atoms with Gasteiger partial charge in [-0.15, -0.1) is 0 Å². The molecule has 0 aliphatic carbocycles. The van der Waals surface area contributed by atoms with Crippen LogP contribution in [-0.4, -0.2) is 35.1 Å². The first-order valence-electron chi connectivity index (χ1n) is 6.93. The van der Waals surface area contributed by atoms with Crippen LogP contribution in [-0.2, 0) is 4.79 Å². The van der Waals surface area contributed by atoms with Gasteiger partial charge >= 0.3 is 12.0 Å². The molecule has 0 saturated carbocycles. The normalized spacial score (nSPS) is 11.7. The Balaban J connectivity index is 2.75. The number of aliphatic carboxylic acids is 1. The van der Waals surface area contributed by atoms with Crippen molar-refractivity contribution in [1.82, 2.24) is 10.2 Å². The molecule has 0 bridgehead atoms. The Labute approximate surface area is 119 Å². The van der Waals surface area contributed by atoms with E-state index in [1.165, 1.54) is 0 Å². The summed E-state index contributed by atoms with van der Waals surface area (Å²) in [6.07, 6.45) is 1.90. The molecule has 0 aliphatic rings. The molecule has 20 heavy (non-hydrogen) atoms. The van der Waals surface area contributed by atoms with Crippen molar-refractivity contribution in [2.45, 2.75) is 32.7 Å². The minimum Gasteiger partial charge on any atom is -0.479 e. The SMILES string of the molecule is CCCCN(CC)C(=O)NC(C(=O)O)c1ccccc1. The van der Waals surface area contributed by atoms with Gasteiger partial charge < -0.3 is 15.3 Å². The molecular weight excluding hydrogens is 256 g/mol. The third-order valence-corrected chi connectivity index (χ3v) is 3.10. The van der Waals surface area contributed by atoms with Gasteiger partial charge in [0.15, 0.2) is 6.04 Å². The first-order chi connectivity index (χ1) is 9.60. The second-order valence-electron chi connectivity index (χ2n) is 4.56. The van der Waals surface area contributed by atoms with E-state index >= 15 is 0 Å². The van der Waals surface area contributed by atoms with Crippen LogP contribution in [0.25, 0.3) is 0 Å². The lowest BCUT2D eigenvalue weighted by Crippen LogP contribution is -2.44. The smallest absolute Gasteiger partial charge is 0.330 e. The van der Waals surface area contributed by atoms with Gasteiger partial charge in [0.1, 0.15) is 0 Å². The average Bonchev–Trinajstić information content (AvgIpc) is 2.46. The Hall–Kier alpha value is -2.04. The van der Waals surface area contributed by atoms with Crippen molar-refractivity contribution in [1.29, 1.82) is 0 Å². The Morgan fingerprint density at radius 2 is 1.90 bits per heavy atom. The lowest BCUT2D eigenvalue weighted by Gasteiger charge is -2.24. The quantitative estimate of drug-likeness (QED) is 0.805. The van der Waals surface area contributed by atoms with E-state index in [9.17, 15) is 14.7 Å². The van der Waals surface area contributed by atoms with Crippen molar-refractivity contribution in [3.8, 4) is 0 Å². The van der Waals surface area contributed by atoms with Crippen molar-refractivity contribution in [2.24, 2.45) is 0 Å². The van der Waals surface area contributed by atoms with Crippen LogP contribution < -0.4 is 5.32 Å². The maximum atomic E-state index is 12.1. The number of carboxylic acids is 1. The zero-order chi connectivity index (χ0) is 15.0. The molecular formula is C15H22N2O3. The van der Waals surface area contributed by atoms with Crippen LogP contribution in [0.2, 0.25) is 0 Å². The number of carboxylic acid groups (broad SMARTS) is 1. The van der Waals surface area contributed by atoms with Gasteiger partial charge in [-0.2, -0.15) is 0 Å². The fraction of sp³-hybridized carbons (Fsp3) is 0.467. The first-order valence-corrected chi connectivity index (χ1v) is 6.93. The second-order valence-corrected chi connectivity index (χ2v) is 4.56. The molecule has 0 saturated heterocycles. The van der Waals surface area contributed by atoms with Gasteiger partial charge in [-0.05, 0) is 18.9 Å². The summed E-state index contributed by atoms with van der Waals surface area (Å²) < 4.78 is 0. The molecule has 0 spiro atoms. The van der Waals surface area contributed by atoms with Crippen molar-refractivity contribution in [2.75, 3.05) is 13.1 Å². The largest absolute Gasteiger partial charge is 0.479 e. The second kappa shape index (κ2) is 8.19. The third-order valence-electron chi connectivity index (χ3n) is 3.10. The highest BCUT2D eigenvalue weighted by atomic mass is 16.4. The maximum Gasteiger partial charge on any atom is 0.330 e. The van der Waals surface area contributed by atoms with Crippen LogP contribution in [0.15, 0.2) is 30.3 Å². The number of nitrogens with zero attached hydrogens (tertiary/aromatic N) is 1. The van der Waals surface area contributed by atoms with Crippen LogP contribution in [0.1, 0.15) is 38.3 Å². The number of urea groups is 1. The minimum atomic E-state index is -1.06. The van der Waals surface area contributed by atoms with Crippen molar-refractivity contribution >= 4 is 12.0 Å². The molecule has 0 fully saturated rings. The lowest BCUT2D eigenvalue weighted by atomic mass is 10.1. The number of carbonyl (C=O) groups is 2. The summed E-state index contributed by atoms with van der Waals surface area (Å²) in [7, 11) is 0. The Morgan fingerprint density at radius 3 is 2.40 bits per heavy atom. The molecule has 5 heteroatoms. The van der Waals surface area contributed by atoms with Gasteiger partial charge in [0, 0.05) is 13.1 Å². The summed E-state index contributed by atoms with van der Waals surface area (Å²) in [5.41, 5.74) is 0.569. The number of carbonyl (C=O) groups excluding carboxylic acids is 1. The first kappa shape index (κ1) is 16.0. The molecule has 0 aromatic heterocycles. The number of benzene rings is 1. The Morgan fingerprint density at radius 1 is 1.25 bits per heavy atom. The number of hydrogen-bond acceptors (Lipinski definition) is 2. The lowest BCUT2D eigenvalue weighted by molar-refractivity contribution is -0.139. The summed E-state index contributed by atoms with van der Waals surface area (Å²) >= 11 is 0. The monoisotopic (exact) mass is 278 g/mol. The average molecular weight is 278 g/mol. The molecule has 2 amide bonds. The highest BCUT2D eigenvalue weighted by Gasteiger charge is 2.23. The predicted octanol–water partition coefficient (Wildman–Crippen LogP) is 2.64. The fourth-order valence-electron chi connectivity index (χ4n) is 1.90. The summed E-state index contributed by atoms with van der Waals surface area (Å²) in [5.74, 6) is -1.06. The van der Waals surface area contributed by atoms with Gasteiger partial charge in [-0.1, -0.05) is 43.7 Å². The molecule has 2 N–H and O–H groups in total.